The zero-order valence-electron chi connectivity index (χ0n) is 11.1. The number of carbonyl (C=O) groups is 1. The lowest BCUT2D eigenvalue weighted by molar-refractivity contribution is 0.0945. The monoisotopic (exact) mass is 349 g/mol. The minimum atomic E-state index is -0.991. The van der Waals surface area contributed by atoms with Crippen molar-refractivity contribution >= 4 is 21.8 Å². The Morgan fingerprint density at radius 3 is 2.86 bits per heavy atom. The van der Waals surface area contributed by atoms with Crippen molar-refractivity contribution in [1.29, 1.82) is 0 Å². The Kier molecular flexibility index (Phi) is 3.78. The fraction of sp³-hybridized carbons (Fsp3) is 0.188. The number of nitrogens with one attached hydrogen (secondary N) is 1. The molecule has 0 saturated heterocycles. The molecule has 0 aliphatic carbocycles. The predicted octanol–water partition coefficient (Wildman–Crippen LogP) is 2.96. The van der Waals surface area contributed by atoms with E-state index in [9.17, 15) is 14.3 Å². The maximum Gasteiger partial charge on any atom is 0.251 e. The molecule has 1 amide bonds. The van der Waals surface area contributed by atoms with E-state index < -0.39 is 11.9 Å². The number of rotatable bonds is 2. The van der Waals surface area contributed by atoms with Crippen molar-refractivity contribution in [3.8, 4) is 0 Å². The summed E-state index contributed by atoms with van der Waals surface area (Å²) >= 11 is 3.31. The first-order chi connectivity index (χ1) is 10.1. The van der Waals surface area contributed by atoms with Gasteiger partial charge in [-0.15, -0.1) is 0 Å². The maximum atomic E-state index is 13.4. The summed E-state index contributed by atoms with van der Waals surface area (Å²) < 4.78 is 14.0. The number of hydrogen-bond acceptors (Lipinski definition) is 2. The van der Waals surface area contributed by atoms with Crippen LogP contribution in [0.3, 0.4) is 0 Å². The molecule has 108 valence electrons. The lowest BCUT2D eigenvalue weighted by Gasteiger charge is -2.19. The molecule has 21 heavy (non-hydrogen) atoms. The Morgan fingerprint density at radius 2 is 2.05 bits per heavy atom. The Balaban J connectivity index is 2.02. The molecule has 0 fully saturated rings. The first-order valence-electron chi connectivity index (χ1n) is 6.60. The molecule has 3 rings (SSSR count). The van der Waals surface area contributed by atoms with E-state index in [2.05, 4.69) is 21.2 Å². The summed E-state index contributed by atoms with van der Waals surface area (Å²) in [6.45, 7) is 0.628. The van der Waals surface area contributed by atoms with E-state index in [1.54, 1.807) is 18.2 Å². The van der Waals surface area contributed by atoms with E-state index in [-0.39, 0.29) is 5.91 Å². The smallest absolute Gasteiger partial charge is 0.251 e. The third-order valence-corrected chi connectivity index (χ3v) is 4.35. The van der Waals surface area contributed by atoms with Crippen LogP contribution in [0.5, 0.6) is 0 Å². The lowest BCUT2D eigenvalue weighted by atomic mass is 9.94. The Hall–Kier alpha value is -1.72. The van der Waals surface area contributed by atoms with Crippen LogP contribution in [0.4, 0.5) is 4.39 Å². The van der Waals surface area contributed by atoms with Gasteiger partial charge in [0.1, 0.15) is 11.9 Å². The summed E-state index contributed by atoms with van der Waals surface area (Å²) in [6.07, 6.45) is -0.212. The van der Waals surface area contributed by atoms with Crippen molar-refractivity contribution in [2.75, 3.05) is 6.54 Å². The van der Waals surface area contributed by atoms with E-state index in [0.717, 1.165) is 12.0 Å². The predicted molar refractivity (Wildman–Crippen MR) is 80.6 cm³/mol. The molecule has 5 heteroatoms. The van der Waals surface area contributed by atoms with Gasteiger partial charge in [0.2, 0.25) is 0 Å². The fourth-order valence-corrected chi connectivity index (χ4v) is 2.97. The summed E-state index contributed by atoms with van der Waals surface area (Å²) in [7, 11) is 0. The van der Waals surface area contributed by atoms with Gasteiger partial charge in [0.05, 0.1) is 0 Å². The SMILES string of the molecule is O=C1NCCc2ccc(C(O)c3cc(F)ccc3Br)cc21. The van der Waals surface area contributed by atoms with E-state index in [1.165, 1.54) is 12.1 Å². The number of carbonyl (C=O) groups excluding carboxylic acids is 1. The Labute approximate surface area is 129 Å². The summed E-state index contributed by atoms with van der Waals surface area (Å²) in [6, 6.07) is 9.46. The topological polar surface area (TPSA) is 49.3 Å². The third-order valence-electron chi connectivity index (χ3n) is 3.63. The van der Waals surface area contributed by atoms with Crippen molar-refractivity contribution in [3.63, 3.8) is 0 Å². The van der Waals surface area contributed by atoms with Gasteiger partial charge in [0.25, 0.3) is 5.91 Å². The number of hydrogen-bond donors (Lipinski definition) is 2. The molecule has 2 N–H and O–H groups in total. The van der Waals surface area contributed by atoms with Gasteiger partial charge in [-0.25, -0.2) is 4.39 Å². The molecule has 1 atom stereocenters. The first-order valence-corrected chi connectivity index (χ1v) is 7.39. The van der Waals surface area contributed by atoms with Crippen LogP contribution in [0.15, 0.2) is 40.9 Å². The highest BCUT2D eigenvalue weighted by molar-refractivity contribution is 9.10. The molecular weight excluding hydrogens is 337 g/mol. The highest BCUT2D eigenvalue weighted by Gasteiger charge is 2.20. The number of aliphatic hydroxyl groups is 1. The summed E-state index contributed by atoms with van der Waals surface area (Å²) in [5.74, 6) is -0.549. The quantitative estimate of drug-likeness (QED) is 0.875. The van der Waals surface area contributed by atoms with Crippen LogP contribution in [0.25, 0.3) is 0 Å². The van der Waals surface area contributed by atoms with E-state index >= 15 is 0 Å². The van der Waals surface area contributed by atoms with Gasteiger partial charge < -0.3 is 10.4 Å². The highest BCUT2D eigenvalue weighted by atomic mass is 79.9. The molecule has 1 unspecified atom stereocenters. The second kappa shape index (κ2) is 5.58. The number of benzene rings is 2. The minimum Gasteiger partial charge on any atom is -0.384 e. The average molecular weight is 350 g/mol. The highest BCUT2D eigenvalue weighted by Crippen LogP contribution is 2.30. The minimum absolute atomic E-state index is 0.136. The van der Waals surface area contributed by atoms with Crippen LogP contribution in [-0.2, 0) is 6.42 Å². The van der Waals surface area contributed by atoms with E-state index in [4.69, 9.17) is 0 Å². The third kappa shape index (κ3) is 2.71. The van der Waals surface area contributed by atoms with Gasteiger partial charge in [-0.2, -0.15) is 0 Å². The summed E-state index contributed by atoms with van der Waals surface area (Å²) in [5.41, 5.74) is 2.54. The standard InChI is InChI=1S/C16H13BrFNO2/c17-14-4-3-11(18)8-13(14)15(20)10-2-1-9-5-6-19-16(21)12(9)7-10/h1-4,7-8,15,20H,5-6H2,(H,19,21). The molecule has 0 aromatic heterocycles. The molecule has 2 aromatic carbocycles. The number of halogens is 2. The Bertz CT molecular complexity index is 717. The summed E-state index contributed by atoms with van der Waals surface area (Å²) in [5, 5.41) is 13.2. The van der Waals surface area contributed by atoms with Gasteiger partial charge in [0, 0.05) is 22.1 Å². The van der Waals surface area contributed by atoms with Gasteiger partial charge in [-0.05, 0) is 41.8 Å². The second-order valence-electron chi connectivity index (χ2n) is 4.99. The molecule has 1 aliphatic rings. The van der Waals surface area contributed by atoms with Crippen molar-refractivity contribution in [2.24, 2.45) is 0 Å². The maximum absolute atomic E-state index is 13.4. The number of aliphatic hydroxyl groups excluding tert-OH is 1. The van der Waals surface area contributed by atoms with Crippen LogP contribution in [0.1, 0.15) is 33.2 Å². The van der Waals surface area contributed by atoms with Gasteiger partial charge in [-0.1, -0.05) is 28.1 Å². The largest absolute Gasteiger partial charge is 0.384 e. The van der Waals surface area contributed by atoms with Crippen LogP contribution in [0.2, 0.25) is 0 Å². The van der Waals surface area contributed by atoms with Crippen molar-refractivity contribution in [2.45, 2.75) is 12.5 Å². The molecule has 0 radical (unpaired) electrons. The summed E-state index contributed by atoms with van der Waals surface area (Å²) in [4.78, 5) is 11.9. The van der Waals surface area contributed by atoms with Crippen LogP contribution >= 0.6 is 15.9 Å². The van der Waals surface area contributed by atoms with E-state index in [0.29, 0.717) is 27.7 Å². The first kappa shape index (κ1) is 14.2. The molecule has 3 nitrogen and oxygen atoms in total. The van der Waals surface area contributed by atoms with Crippen molar-refractivity contribution in [1.82, 2.24) is 5.32 Å². The fourth-order valence-electron chi connectivity index (χ4n) is 2.50. The molecular formula is C16H13BrFNO2. The van der Waals surface area contributed by atoms with Crippen LogP contribution < -0.4 is 5.32 Å². The normalized spacial score (nSPS) is 15.3. The molecule has 2 aromatic rings. The molecule has 1 aliphatic heterocycles. The molecule has 0 saturated carbocycles. The van der Waals surface area contributed by atoms with Crippen LogP contribution in [-0.4, -0.2) is 17.6 Å². The number of amides is 1. The van der Waals surface area contributed by atoms with Crippen LogP contribution in [0, 0.1) is 5.82 Å². The number of fused-ring (bicyclic) bond motifs is 1. The zero-order chi connectivity index (χ0) is 15.0. The Morgan fingerprint density at radius 1 is 1.24 bits per heavy atom. The lowest BCUT2D eigenvalue weighted by Crippen LogP contribution is -2.31. The molecule has 1 heterocycles. The molecule has 0 bridgehead atoms. The average Bonchev–Trinajstić information content (AvgIpc) is 2.49. The van der Waals surface area contributed by atoms with Gasteiger partial charge in [0.15, 0.2) is 0 Å². The second-order valence-corrected chi connectivity index (χ2v) is 5.85. The van der Waals surface area contributed by atoms with Gasteiger partial charge in [-0.3, -0.25) is 4.79 Å². The van der Waals surface area contributed by atoms with Crippen molar-refractivity contribution < 1.29 is 14.3 Å². The van der Waals surface area contributed by atoms with Gasteiger partial charge >= 0.3 is 0 Å². The van der Waals surface area contributed by atoms with E-state index in [1.807, 2.05) is 6.07 Å². The van der Waals surface area contributed by atoms with Crippen molar-refractivity contribution in [3.05, 3.63) is 68.9 Å². The zero-order valence-corrected chi connectivity index (χ0v) is 12.7. The molecule has 0 spiro atoms.